The van der Waals surface area contributed by atoms with Crippen molar-refractivity contribution in [3.05, 3.63) is 18.0 Å². The minimum atomic E-state index is 0.509. The second-order valence-electron chi connectivity index (χ2n) is 1.64. The van der Waals surface area contributed by atoms with Gasteiger partial charge in [-0.1, -0.05) is 0 Å². The monoisotopic (exact) mass is 111 g/mol. The van der Waals surface area contributed by atoms with E-state index in [9.17, 15) is 0 Å². The Balaban J connectivity index is 2.92. The fourth-order valence-corrected chi connectivity index (χ4v) is 0.585. The van der Waals surface area contributed by atoms with E-state index >= 15 is 0 Å². The molecule has 0 aliphatic heterocycles. The summed E-state index contributed by atoms with van der Waals surface area (Å²) in [7, 11) is 0. The van der Waals surface area contributed by atoms with Gasteiger partial charge in [0.1, 0.15) is 0 Å². The number of nitrogen functional groups attached to an aromatic ring is 1. The van der Waals surface area contributed by atoms with Crippen LogP contribution in [0.2, 0.25) is 0 Å². The van der Waals surface area contributed by atoms with Crippen LogP contribution in [-0.4, -0.2) is 4.98 Å². The maximum absolute atomic E-state index is 5.44. The lowest BCUT2D eigenvalue weighted by Crippen LogP contribution is -1.97. The van der Waals surface area contributed by atoms with Gasteiger partial charge in [0.15, 0.2) is 0 Å². The molecule has 5 N–H and O–H groups in total. The summed E-state index contributed by atoms with van der Waals surface area (Å²) in [5, 5.41) is 0. The highest BCUT2D eigenvalue weighted by Crippen LogP contribution is 2.06. The Morgan fingerprint density at radius 1 is 1.50 bits per heavy atom. The zero-order valence-electron chi connectivity index (χ0n) is 4.52. The molecule has 1 rings (SSSR count). The zero-order chi connectivity index (χ0) is 5.98. The largest absolute Gasteiger partial charge is 0.397 e. The molecule has 0 amide bonds. The molecule has 0 unspecified atom stereocenters. The molecule has 0 fully saturated rings. The van der Waals surface area contributed by atoms with E-state index in [1.165, 1.54) is 0 Å². The van der Waals surface area contributed by atoms with Crippen molar-refractivity contribution in [2.45, 2.75) is 6.54 Å². The van der Waals surface area contributed by atoms with Gasteiger partial charge in [-0.2, -0.15) is 0 Å². The molecule has 0 atom stereocenters. The van der Waals surface area contributed by atoms with Crippen LogP contribution < -0.4 is 11.5 Å². The molecule has 3 heteroatoms. The van der Waals surface area contributed by atoms with Crippen LogP contribution in [-0.2, 0) is 6.54 Å². The molecule has 0 aliphatic rings. The van der Waals surface area contributed by atoms with Crippen LogP contribution in [0.4, 0.5) is 5.69 Å². The summed E-state index contributed by atoms with van der Waals surface area (Å²) in [6.45, 7) is 0.509. The molecule has 1 aromatic rings. The predicted molar refractivity (Wildman–Crippen MR) is 33.1 cm³/mol. The number of rotatable bonds is 1. The van der Waals surface area contributed by atoms with Crippen LogP contribution in [0.3, 0.4) is 0 Å². The van der Waals surface area contributed by atoms with Crippen molar-refractivity contribution < 1.29 is 0 Å². The van der Waals surface area contributed by atoms with Crippen LogP contribution >= 0.6 is 0 Å². The molecule has 44 valence electrons. The number of nitrogens with two attached hydrogens (primary N) is 2. The topological polar surface area (TPSA) is 67.8 Å². The Kier molecular flexibility index (Phi) is 1.22. The van der Waals surface area contributed by atoms with E-state index in [-0.39, 0.29) is 0 Å². The van der Waals surface area contributed by atoms with Gasteiger partial charge in [0.2, 0.25) is 0 Å². The second-order valence-corrected chi connectivity index (χ2v) is 1.64. The lowest BCUT2D eigenvalue weighted by Gasteiger charge is -1.88. The minimum absolute atomic E-state index is 0.509. The van der Waals surface area contributed by atoms with E-state index in [1.807, 2.05) is 0 Å². The van der Waals surface area contributed by atoms with Gasteiger partial charge in [0.25, 0.3) is 0 Å². The Morgan fingerprint density at radius 2 is 2.25 bits per heavy atom. The SMILES string of the molecule is NCc1c[nH]cc1N. The van der Waals surface area contributed by atoms with E-state index in [0.717, 1.165) is 11.3 Å². The average molecular weight is 111 g/mol. The molecule has 0 radical (unpaired) electrons. The van der Waals surface area contributed by atoms with Crippen molar-refractivity contribution in [1.29, 1.82) is 0 Å². The number of aromatic nitrogens is 1. The predicted octanol–water partition coefficient (Wildman–Crippen LogP) is 0.0556. The maximum atomic E-state index is 5.44. The molecule has 1 aromatic heterocycles. The normalized spacial score (nSPS) is 9.62. The molecule has 8 heavy (non-hydrogen) atoms. The summed E-state index contributed by atoms with van der Waals surface area (Å²) in [5.74, 6) is 0. The van der Waals surface area contributed by atoms with Crippen molar-refractivity contribution in [2.24, 2.45) is 5.73 Å². The second kappa shape index (κ2) is 1.88. The first-order valence-electron chi connectivity index (χ1n) is 2.46. The van der Waals surface area contributed by atoms with E-state index in [1.54, 1.807) is 12.4 Å². The summed E-state index contributed by atoms with van der Waals surface area (Å²) in [6, 6.07) is 0. The van der Waals surface area contributed by atoms with Crippen molar-refractivity contribution in [3.8, 4) is 0 Å². The van der Waals surface area contributed by atoms with Gasteiger partial charge in [0.05, 0.1) is 5.69 Å². The van der Waals surface area contributed by atoms with Crippen molar-refractivity contribution in [1.82, 2.24) is 4.98 Å². The third-order valence-corrected chi connectivity index (χ3v) is 1.09. The van der Waals surface area contributed by atoms with E-state index in [2.05, 4.69) is 4.98 Å². The van der Waals surface area contributed by atoms with Crippen LogP contribution in [0.15, 0.2) is 12.4 Å². The zero-order valence-corrected chi connectivity index (χ0v) is 4.52. The van der Waals surface area contributed by atoms with Gasteiger partial charge < -0.3 is 16.5 Å². The Labute approximate surface area is 47.7 Å². The van der Waals surface area contributed by atoms with Crippen LogP contribution in [0.25, 0.3) is 0 Å². The maximum Gasteiger partial charge on any atom is 0.0537 e. The van der Waals surface area contributed by atoms with Crippen molar-refractivity contribution >= 4 is 5.69 Å². The minimum Gasteiger partial charge on any atom is -0.397 e. The molecule has 1 heterocycles. The van der Waals surface area contributed by atoms with E-state index in [0.29, 0.717) is 6.54 Å². The highest BCUT2D eigenvalue weighted by Gasteiger charge is 1.92. The average Bonchev–Trinajstić information content (AvgIpc) is 2.14. The lowest BCUT2D eigenvalue weighted by molar-refractivity contribution is 1.08. The van der Waals surface area contributed by atoms with Crippen LogP contribution in [0.1, 0.15) is 5.56 Å². The molecular formula is C5H9N3. The third-order valence-electron chi connectivity index (χ3n) is 1.09. The first kappa shape index (κ1) is 5.18. The summed E-state index contributed by atoms with van der Waals surface area (Å²) in [5.41, 5.74) is 12.5. The van der Waals surface area contributed by atoms with Crippen LogP contribution in [0, 0.1) is 0 Å². The quantitative estimate of drug-likeness (QED) is 0.479. The molecule has 0 aromatic carbocycles. The number of aromatic amines is 1. The third kappa shape index (κ3) is 0.675. The smallest absolute Gasteiger partial charge is 0.0537 e. The van der Waals surface area contributed by atoms with E-state index < -0.39 is 0 Å². The summed E-state index contributed by atoms with van der Waals surface area (Å²) >= 11 is 0. The number of hydrogen-bond donors (Lipinski definition) is 3. The molecular weight excluding hydrogens is 102 g/mol. The Morgan fingerprint density at radius 3 is 2.50 bits per heavy atom. The molecule has 0 aliphatic carbocycles. The number of nitrogens with one attached hydrogen (secondary N) is 1. The van der Waals surface area contributed by atoms with Crippen molar-refractivity contribution in [2.75, 3.05) is 5.73 Å². The standard InChI is InChI=1S/C5H9N3/c6-1-4-2-8-3-5(4)7/h2-3,8H,1,6-7H2. The highest BCUT2D eigenvalue weighted by atomic mass is 14.7. The first-order chi connectivity index (χ1) is 3.84. The fraction of sp³-hybridized carbons (Fsp3) is 0.200. The summed E-state index contributed by atoms with van der Waals surface area (Å²) in [4.78, 5) is 2.84. The van der Waals surface area contributed by atoms with Gasteiger partial charge in [-0.25, -0.2) is 0 Å². The van der Waals surface area contributed by atoms with Gasteiger partial charge in [-0.05, 0) is 0 Å². The van der Waals surface area contributed by atoms with Gasteiger partial charge in [-0.15, -0.1) is 0 Å². The van der Waals surface area contributed by atoms with Gasteiger partial charge >= 0.3 is 0 Å². The Bertz CT molecular complexity index is 168. The Hall–Kier alpha value is -0.960. The molecule has 0 saturated heterocycles. The van der Waals surface area contributed by atoms with E-state index in [4.69, 9.17) is 11.5 Å². The lowest BCUT2D eigenvalue weighted by atomic mass is 10.3. The molecule has 0 bridgehead atoms. The number of H-pyrrole nitrogens is 1. The summed E-state index contributed by atoms with van der Waals surface area (Å²) in [6.07, 6.45) is 3.53. The fourth-order valence-electron chi connectivity index (χ4n) is 0.585. The molecule has 0 saturated carbocycles. The van der Waals surface area contributed by atoms with Gasteiger partial charge in [0, 0.05) is 24.5 Å². The first-order valence-corrected chi connectivity index (χ1v) is 2.46. The van der Waals surface area contributed by atoms with Gasteiger partial charge in [-0.3, -0.25) is 0 Å². The molecule has 0 spiro atoms. The number of anilines is 1. The molecule has 3 nitrogen and oxygen atoms in total. The van der Waals surface area contributed by atoms with Crippen LogP contribution in [0.5, 0.6) is 0 Å². The highest BCUT2D eigenvalue weighted by molar-refractivity contribution is 5.43. The summed E-state index contributed by atoms with van der Waals surface area (Å²) < 4.78 is 0. The van der Waals surface area contributed by atoms with Crippen molar-refractivity contribution in [3.63, 3.8) is 0 Å². The number of hydrogen-bond acceptors (Lipinski definition) is 2.